The molecule has 24 heavy (non-hydrogen) atoms. The number of amides is 3. The Morgan fingerprint density at radius 2 is 2.08 bits per heavy atom. The van der Waals surface area contributed by atoms with Crippen LogP contribution in [0.2, 0.25) is 0 Å². The van der Waals surface area contributed by atoms with Crippen LogP contribution in [-0.4, -0.2) is 42.1 Å². The Labute approximate surface area is 143 Å². The summed E-state index contributed by atoms with van der Waals surface area (Å²) in [6.07, 6.45) is 1.55. The maximum Gasteiger partial charge on any atom is 0.318 e. The number of benzene rings is 1. The number of carbonyl (C=O) groups excluding carboxylic acids is 2. The summed E-state index contributed by atoms with van der Waals surface area (Å²) in [5, 5.41) is 5.79. The summed E-state index contributed by atoms with van der Waals surface area (Å²) in [6.45, 7) is 7.34. The van der Waals surface area contributed by atoms with Gasteiger partial charge in [0.15, 0.2) is 0 Å². The number of likely N-dealkylation sites (tertiary alicyclic amines) is 1. The van der Waals surface area contributed by atoms with Crippen molar-refractivity contribution >= 4 is 11.9 Å². The Hall–Kier alpha value is -2.24. The maximum absolute atomic E-state index is 12.5. The first-order valence-electron chi connectivity index (χ1n) is 8.58. The third-order valence-electron chi connectivity index (χ3n) is 3.95. The van der Waals surface area contributed by atoms with E-state index >= 15 is 0 Å². The molecule has 0 unspecified atom stereocenters. The van der Waals surface area contributed by atoms with Crippen molar-refractivity contribution in [2.45, 2.75) is 52.2 Å². The normalized spacial score (nSPS) is 17.0. The van der Waals surface area contributed by atoms with Crippen molar-refractivity contribution in [2.75, 3.05) is 13.2 Å². The smallest absolute Gasteiger partial charge is 0.318 e. The summed E-state index contributed by atoms with van der Waals surface area (Å²) in [5.74, 6) is 0.666. The molecule has 0 saturated carbocycles. The second-order valence-electron chi connectivity index (χ2n) is 6.21. The molecule has 1 fully saturated rings. The van der Waals surface area contributed by atoms with Crippen molar-refractivity contribution in [3.63, 3.8) is 0 Å². The highest BCUT2D eigenvalue weighted by molar-refractivity contribution is 5.87. The monoisotopic (exact) mass is 333 g/mol. The van der Waals surface area contributed by atoms with E-state index in [9.17, 15) is 9.59 Å². The molecule has 1 aliphatic rings. The lowest BCUT2D eigenvalue weighted by Crippen LogP contribution is -2.50. The van der Waals surface area contributed by atoms with Gasteiger partial charge in [0.2, 0.25) is 5.91 Å². The van der Waals surface area contributed by atoms with Gasteiger partial charge < -0.3 is 20.3 Å². The first kappa shape index (κ1) is 18.1. The van der Waals surface area contributed by atoms with Gasteiger partial charge in [-0.2, -0.15) is 0 Å². The quantitative estimate of drug-likeness (QED) is 0.839. The molecule has 6 heteroatoms. The van der Waals surface area contributed by atoms with Crippen LogP contribution in [0, 0.1) is 0 Å². The van der Waals surface area contributed by atoms with Gasteiger partial charge in [0, 0.05) is 24.7 Å². The molecule has 2 rings (SSSR count). The number of ether oxygens (including phenoxy) is 1. The average molecular weight is 333 g/mol. The SMILES string of the molecule is CCOc1ccccc1CNC(=O)[C@@H]1CCCN1C(=O)NC(C)C. The number of hydrogen-bond acceptors (Lipinski definition) is 3. The Kier molecular flexibility index (Phi) is 6.46. The summed E-state index contributed by atoms with van der Waals surface area (Å²) in [6, 6.07) is 7.14. The third-order valence-corrected chi connectivity index (χ3v) is 3.95. The molecule has 6 nitrogen and oxygen atoms in total. The maximum atomic E-state index is 12.5. The highest BCUT2D eigenvalue weighted by atomic mass is 16.5. The molecule has 1 aromatic carbocycles. The molecule has 0 aliphatic carbocycles. The van der Waals surface area contributed by atoms with Crippen molar-refractivity contribution in [2.24, 2.45) is 0 Å². The van der Waals surface area contributed by atoms with E-state index in [0.29, 0.717) is 26.1 Å². The van der Waals surface area contributed by atoms with Crippen molar-refractivity contribution in [1.82, 2.24) is 15.5 Å². The lowest BCUT2D eigenvalue weighted by Gasteiger charge is -2.25. The highest BCUT2D eigenvalue weighted by Crippen LogP contribution is 2.20. The number of para-hydroxylation sites is 1. The van der Waals surface area contributed by atoms with Crippen molar-refractivity contribution in [3.05, 3.63) is 29.8 Å². The van der Waals surface area contributed by atoms with Crippen LogP contribution in [0.4, 0.5) is 4.79 Å². The van der Waals surface area contributed by atoms with E-state index in [2.05, 4.69) is 10.6 Å². The first-order chi connectivity index (χ1) is 11.5. The van der Waals surface area contributed by atoms with Gasteiger partial charge >= 0.3 is 6.03 Å². The summed E-state index contributed by atoms with van der Waals surface area (Å²) in [5.41, 5.74) is 0.934. The first-order valence-corrected chi connectivity index (χ1v) is 8.58. The molecule has 0 radical (unpaired) electrons. The van der Waals surface area contributed by atoms with Gasteiger partial charge in [0.05, 0.1) is 6.61 Å². The van der Waals surface area contributed by atoms with Crippen LogP contribution in [0.5, 0.6) is 5.75 Å². The predicted octanol–water partition coefficient (Wildman–Crippen LogP) is 2.28. The van der Waals surface area contributed by atoms with Crippen molar-refractivity contribution in [1.29, 1.82) is 0 Å². The second kappa shape index (κ2) is 8.57. The molecule has 1 heterocycles. The Morgan fingerprint density at radius 3 is 2.79 bits per heavy atom. The molecular weight excluding hydrogens is 306 g/mol. The molecular formula is C18H27N3O3. The van der Waals surface area contributed by atoms with E-state index in [4.69, 9.17) is 4.74 Å². The van der Waals surface area contributed by atoms with Gasteiger partial charge in [-0.3, -0.25) is 4.79 Å². The van der Waals surface area contributed by atoms with Gasteiger partial charge in [-0.25, -0.2) is 4.79 Å². The van der Waals surface area contributed by atoms with E-state index in [-0.39, 0.29) is 18.0 Å². The summed E-state index contributed by atoms with van der Waals surface area (Å²) >= 11 is 0. The molecule has 0 aromatic heterocycles. The van der Waals surface area contributed by atoms with E-state index in [1.54, 1.807) is 4.90 Å². The van der Waals surface area contributed by atoms with Crippen LogP contribution in [0.3, 0.4) is 0 Å². The minimum Gasteiger partial charge on any atom is -0.494 e. The van der Waals surface area contributed by atoms with E-state index < -0.39 is 6.04 Å². The topological polar surface area (TPSA) is 70.7 Å². The summed E-state index contributed by atoms with van der Waals surface area (Å²) < 4.78 is 5.57. The van der Waals surface area contributed by atoms with Crippen LogP contribution < -0.4 is 15.4 Å². The number of nitrogens with zero attached hydrogens (tertiary/aromatic N) is 1. The molecule has 132 valence electrons. The Bertz CT molecular complexity index is 574. The average Bonchev–Trinajstić information content (AvgIpc) is 3.03. The predicted molar refractivity (Wildman–Crippen MR) is 92.9 cm³/mol. The van der Waals surface area contributed by atoms with Crippen molar-refractivity contribution in [3.8, 4) is 5.75 Å². The zero-order chi connectivity index (χ0) is 17.5. The molecule has 1 saturated heterocycles. The molecule has 0 bridgehead atoms. The van der Waals surface area contributed by atoms with Crippen LogP contribution >= 0.6 is 0 Å². The van der Waals surface area contributed by atoms with Crippen LogP contribution in [0.1, 0.15) is 39.2 Å². The third kappa shape index (κ3) is 4.63. The van der Waals surface area contributed by atoms with Gasteiger partial charge in [0.25, 0.3) is 0 Å². The summed E-state index contributed by atoms with van der Waals surface area (Å²) in [7, 11) is 0. The highest BCUT2D eigenvalue weighted by Gasteiger charge is 2.34. The number of carbonyl (C=O) groups is 2. The van der Waals surface area contributed by atoms with E-state index in [0.717, 1.165) is 17.7 Å². The van der Waals surface area contributed by atoms with Crippen molar-refractivity contribution < 1.29 is 14.3 Å². The molecule has 1 aliphatic heterocycles. The van der Waals surface area contributed by atoms with Crippen LogP contribution in [-0.2, 0) is 11.3 Å². The molecule has 3 amide bonds. The number of hydrogen-bond donors (Lipinski definition) is 2. The largest absolute Gasteiger partial charge is 0.494 e. The minimum atomic E-state index is -0.400. The zero-order valence-corrected chi connectivity index (χ0v) is 14.7. The molecule has 1 atom stereocenters. The van der Waals surface area contributed by atoms with Gasteiger partial charge in [-0.1, -0.05) is 18.2 Å². The Balaban J connectivity index is 1.95. The molecule has 0 spiro atoms. The lowest BCUT2D eigenvalue weighted by atomic mass is 10.1. The number of nitrogens with one attached hydrogen (secondary N) is 2. The van der Waals surface area contributed by atoms with Gasteiger partial charge in [0.1, 0.15) is 11.8 Å². The fraction of sp³-hybridized carbons (Fsp3) is 0.556. The fourth-order valence-corrected chi connectivity index (χ4v) is 2.86. The van der Waals surface area contributed by atoms with Gasteiger partial charge in [-0.15, -0.1) is 0 Å². The number of urea groups is 1. The zero-order valence-electron chi connectivity index (χ0n) is 14.7. The molecule has 2 N–H and O–H groups in total. The van der Waals surface area contributed by atoms with E-state index in [1.165, 1.54) is 0 Å². The lowest BCUT2D eigenvalue weighted by molar-refractivity contribution is -0.124. The standard InChI is InChI=1S/C18H27N3O3/c1-4-24-16-10-6-5-8-14(16)12-19-17(22)15-9-7-11-21(15)18(23)20-13(2)3/h5-6,8,10,13,15H,4,7,9,11-12H2,1-3H3,(H,19,22)(H,20,23)/t15-/m0/s1. The van der Waals surface area contributed by atoms with E-state index in [1.807, 2.05) is 45.0 Å². The van der Waals surface area contributed by atoms with Crippen LogP contribution in [0.15, 0.2) is 24.3 Å². The fourth-order valence-electron chi connectivity index (χ4n) is 2.86. The summed E-state index contributed by atoms with van der Waals surface area (Å²) in [4.78, 5) is 26.3. The van der Waals surface area contributed by atoms with Crippen LogP contribution in [0.25, 0.3) is 0 Å². The molecule has 1 aromatic rings. The van der Waals surface area contributed by atoms with Gasteiger partial charge in [-0.05, 0) is 39.7 Å². The Morgan fingerprint density at radius 1 is 1.33 bits per heavy atom. The second-order valence-corrected chi connectivity index (χ2v) is 6.21. The minimum absolute atomic E-state index is 0.0554. The number of rotatable bonds is 6.